The Morgan fingerprint density at radius 3 is 2.11 bits per heavy atom. The van der Waals surface area contributed by atoms with E-state index in [0.717, 1.165) is 25.9 Å². The van der Waals surface area contributed by atoms with Gasteiger partial charge in [0.15, 0.2) is 0 Å². The Morgan fingerprint density at radius 1 is 1.22 bits per heavy atom. The second-order valence-corrected chi connectivity index (χ2v) is 5.21. The van der Waals surface area contributed by atoms with Crippen molar-refractivity contribution in [2.24, 2.45) is 0 Å². The normalized spacial score (nSPS) is 19.9. The summed E-state index contributed by atoms with van der Waals surface area (Å²) in [5.74, 6) is -0.198. The molecule has 1 rings (SSSR count). The molecule has 0 aromatic heterocycles. The highest BCUT2D eigenvalue weighted by molar-refractivity contribution is 5.80. The predicted molar refractivity (Wildman–Crippen MR) is 70.2 cm³/mol. The number of aliphatic hydroxyl groups is 2. The van der Waals surface area contributed by atoms with Gasteiger partial charge >= 0.3 is 0 Å². The van der Waals surface area contributed by atoms with Crippen LogP contribution in [0.3, 0.4) is 0 Å². The second-order valence-electron chi connectivity index (χ2n) is 5.21. The maximum Gasteiger partial charge on any atom is 0.251 e. The van der Waals surface area contributed by atoms with Gasteiger partial charge in [0, 0.05) is 32.7 Å². The summed E-state index contributed by atoms with van der Waals surface area (Å²) in [5, 5.41) is 19.5. The Morgan fingerprint density at radius 2 is 1.72 bits per heavy atom. The van der Waals surface area contributed by atoms with E-state index in [9.17, 15) is 15.0 Å². The summed E-state index contributed by atoms with van der Waals surface area (Å²) in [5.41, 5.74) is -0.615. The number of hydrogen-bond acceptors (Lipinski definition) is 4. The maximum absolute atomic E-state index is 11.6. The number of rotatable bonds is 5. The molecular formula is C13H26N2O3. The summed E-state index contributed by atoms with van der Waals surface area (Å²) in [6.45, 7) is 8.95. The number of β-amino-alcohol motifs (C(OH)–C–C–N with tert-alkyl or cyclic N) is 1. The molecule has 0 aliphatic carbocycles. The fourth-order valence-electron chi connectivity index (χ4n) is 2.28. The Hall–Kier alpha value is -0.650. The fraction of sp³-hybridized carbons (Fsp3) is 0.923. The fourth-order valence-corrected chi connectivity index (χ4v) is 2.28. The van der Waals surface area contributed by atoms with Crippen LogP contribution in [-0.2, 0) is 4.79 Å². The van der Waals surface area contributed by atoms with E-state index in [1.165, 1.54) is 6.92 Å². The standard InChI is InChI=1S/C13H26N2O3/c1-4-13(18,5-2)10-14-6-8-15(9-7-14)12(17)11(3)16/h11,16,18H,4-10H2,1-3H3. The van der Waals surface area contributed by atoms with Gasteiger partial charge < -0.3 is 15.1 Å². The minimum Gasteiger partial charge on any atom is -0.389 e. The Bertz CT molecular complexity index is 269. The van der Waals surface area contributed by atoms with Crippen molar-refractivity contribution in [2.45, 2.75) is 45.3 Å². The third kappa shape index (κ3) is 3.93. The molecule has 1 saturated heterocycles. The molecule has 106 valence electrons. The number of nitrogens with zero attached hydrogens (tertiary/aromatic N) is 2. The SMILES string of the molecule is CCC(O)(CC)CN1CCN(C(=O)C(C)O)CC1. The molecule has 0 aromatic rings. The van der Waals surface area contributed by atoms with E-state index < -0.39 is 11.7 Å². The lowest BCUT2D eigenvalue weighted by atomic mass is 9.96. The summed E-state index contributed by atoms with van der Waals surface area (Å²) in [4.78, 5) is 15.5. The molecule has 5 nitrogen and oxygen atoms in total. The minimum absolute atomic E-state index is 0.198. The summed E-state index contributed by atoms with van der Waals surface area (Å²) in [7, 11) is 0. The summed E-state index contributed by atoms with van der Waals surface area (Å²) < 4.78 is 0. The molecule has 1 amide bonds. The van der Waals surface area contributed by atoms with Crippen LogP contribution >= 0.6 is 0 Å². The number of aliphatic hydroxyl groups excluding tert-OH is 1. The highest BCUT2D eigenvalue weighted by atomic mass is 16.3. The van der Waals surface area contributed by atoms with Crippen molar-refractivity contribution in [1.29, 1.82) is 0 Å². The molecule has 0 radical (unpaired) electrons. The molecule has 1 heterocycles. The Balaban J connectivity index is 2.42. The zero-order valence-corrected chi connectivity index (χ0v) is 11.7. The van der Waals surface area contributed by atoms with Gasteiger partial charge in [-0.2, -0.15) is 0 Å². The van der Waals surface area contributed by atoms with Crippen LogP contribution in [0.5, 0.6) is 0 Å². The average molecular weight is 258 g/mol. The van der Waals surface area contributed by atoms with Crippen molar-refractivity contribution in [3.05, 3.63) is 0 Å². The van der Waals surface area contributed by atoms with Crippen molar-refractivity contribution < 1.29 is 15.0 Å². The van der Waals surface area contributed by atoms with Gasteiger partial charge in [0.25, 0.3) is 5.91 Å². The predicted octanol–water partition coefficient (Wildman–Crippen LogP) is 0.0625. The van der Waals surface area contributed by atoms with Gasteiger partial charge in [0.2, 0.25) is 0 Å². The third-order valence-corrected chi connectivity index (χ3v) is 3.88. The van der Waals surface area contributed by atoms with Gasteiger partial charge in [0.05, 0.1) is 5.60 Å². The topological polar surface area (TPSA) is 64.0 Å². The van der Waals surface area contributed by atoms with Crippen LogP contribution in [0.25, 0.3) is 0 Å². The molecule has 0 saturated carbocycles. The van der Waals surface area contributed by atoms with Crippen LogP contribution < -0.4 is 0 Å². The van der Waals surface area contributed by atoms with E-state index in [2.05, 4.69) is 4.90 Å². The Kier molecular flexibility index (Phi) is 5.56. The molecule has 1 fully saturated rings. The number of carbonyl (C=O) groups is 1. The molecule has 5 heteroatoms. The van der Waals surface area contributed by atoms with Crippen LogP contribution in [0.4, 0.5) is 0 Å². The lowest BCUT2D eigenvalue weighted by molar-refractivity contribution is -0.141. The van der Waals surface area contributed by atoms with Gasteiger partial charge in [-0.1, -0.05) is 13.8 Å². The molecule has 1 atom stereocenters. The minimum atomic E-state index is -0.917. The van der Waals surface area contributed by atoms with Gasteiger partial charge in [0.1, 0.15) is 6.10 Å². The van der Waals surface area contributed by atoms with Crippen molar-refractivity contribution in [3.8, 4) is 0 Å². The highest BCUT2D eigenvalue weighted by Crippen LogP contribution is 2.17. The number of hydrogen-bond donors (Lipinski definition) is 2. The van der Waals surface area contributed by atoms with Crippen LogP contribution in [-0.4, -0.2) is 70.3 Å². The number of carbonyl (C=O) groups excluding carboxylic acids is 1. The maximum atomic E-state index is 11.6. The van der Waals surface area contributed by atoms with Crippen LogP contribution in [0.2, 0.25) is 0 Å². The van der Waals surface area contributed by atoms with E-state index in [0.29, 0.717) is 19.6 Å². The van der Waals surface area contributed by atoms with Gasteiger partial charge in [-0.15, -0.1) is 0 Å². The molecule has 2 N–H and O–H groups in total. The summed E-state index contributed by atoms with van der Waals surface area (Å²) >= 11 is 0. The molecule has 0 bridgehead atoms. The molecule has 1 aliphatic rings. The average Bonchev–Trinajstić information content (AvgIpc) is 2.38. The van der Waals surface area contributed by atoms with E-state index in [-0.39, 0.29) is 5.91 Å². The molecular weight excluding hydrogens is 232 g/mol. The lowest BCUT2D eigenvalue weighted by Crippen LogP contribution is -2.54. The largest absolute Gasteiger partial charge is 0.389 e. The van der Waals surface area contributed by atoms with Crippen molar-refractivity contribution in [1.82, 2.24) is 9.80 Å². The molecule has 18 heavy (non-hydrogen) atoms. The number of piperazine rings is 1. The van der Waals surface area contributed by atoms with Gasteiger partial charge in [-0.3, -0.25) is 9.69 Å². The van der Waals surface area contributed by atoms with Crippen LogP contribution in [0.1, 0.15) is 33.6 Å². The van der Waals surface area contributed by atoms with Crippen molar-refractivity contribution in [3.63, 3.8) is 0 Å². The summed E-state index contributed by atoms with van der Waals surface area (Å²) in [6, 6.07) is 0. The molecule has 1 aliphatic heterocycles. The van der Waals surface area contributed by atoms with Gasteiger partial charge in [-0.05, 0) is 19.8 Å². The first-order valence-electron chi connectivity index (χ1n) is 6.83. The smallest absolute Gasteiger partial charge is 0.251 e. The first-order chi connectivity index (χ1) is 8.41. The zero-order chi connectivity index (χ0) is 13.8. The summed E-state index contributed by atoms with van der Waals surface area (Å²) in [6.07, 6.45) is 0.576. The first-order valence-corrected chi connectivity index (χ1v) is 6.83. The van der Waals surface area contributed by atoms with E-state index in [4.69, 9.17) is 0 Å². The third-order valence-electron chi connectivity index (χ3n) is 3.88. The van der Waals surface area contributed by atoms with Crippen molar-refractivity contribution in [2.75, 3.05) is 32.7 Å². The second kappa shape index (κ2) is 6.50. The monoisotopic (exact) mass is 258 g/mol. The Labute approximate surface area is 109 Å². The molecule has 1 unspecified atom stereocenters. The van der Waals surface area contributed by atoms with E-state index >= 15 is 0 Å². The quantitative estimate of drug-likeness (QED) is 0.732. The van der Waals surface area contributed by atoms with Gasteiger partial charge in [-0.25, -0.2) is 0 Å². The zero-order valence-electron chi connectivity index (χ0n) is 11.7. The lowest BCUT2D eigenvalue weighted by Gasteiger charge is -2.39. The highest BCUT2D eigenvalue weighted by Gasteiger charge is 2.29. The molecule has 0 spiro atoms. The van der Waals surface area contributed by atoms with Crippen LogP contribution in [0, 0.1) is 0 Å². The molecule has 0 aromatic carbocycles. The van der Waals surface area contributed by atoms with Crippen molar-refractivity contribution >= 4 is 5.91 Å². The van der Waals surface area contributed by atoms with Crippen LogP contribution in [0.15, 0.2) is 0 Å². The van der Waals surface area contributed by atoms with E-state index in [1.807, 2.05) is 13.8 Å². The number of amides is 1. The van der Waals surface area contributed by atoms with E-state index in [1.54, 1.807) is 4.90 Å². The first kappa shape index (κ1) is 15.4.